The molecular weight excluding hydrogens is 342 g/mol. The molecule has 25 heavy (non-hydrogen) atoms. The summed E-state index contributed by atoms with van der Waals surface area (Å²) in [6, 6.07) is 12.3. The Labute approximate surface area is 150 Å². The zero-order chi connectivity index (χ0) is 17.8. The lowest BCUT2D eigenvalue weighted by Crippen LogP contribution is -2.05. The Morgan fingerprint density at radius 1 is 1.16 bits per heavy atom. The second-order valence-corrected chi connectivity index (χ2v) is 5.62. The van der Waals surface area contributed by atoms with Gasteiger partial charge in [-0.05, 0) is 55.0 Å². The SMILES string of the molecule is CCOc1ccc(/C=C2\N=C(c3ccc(Cl)cc3)OC2=O)cc1OC. The molecule has 1 aliphatic heterocycles. The number of hydrogen-bond donors (Lipinski definition) is 0. The largest absolute Gasteiger partial charge is 0.493 e. The number of benzene rings is 2. The van der Waals surface area contributed by atoms with Crippen LogP contribution in [0.2, 0.25) is 5.02 Å². The normalized spacial score (nSPS) is 15.1. The van der Waals surface area contributed by atoms with Crippen LogP contribution < -0.4 is 9.47 Å². The van der Waals surface area contributed by atoms with Crippen molar-refractivity contribution in [2.45, 2.75) is 6.92 Å². The number of halogens is 1. The summed E-state index contributed by atoms with van der Waals surface area (Å²) in [5, 5.41) is 0.603. The van der Waals surface area contributed by atoms with E-state index in [9.17, 15) is 4.79 Å². The number of carbonyl (C=O) groups excluding carboxylic acids is 1. The van der Waals surface area contributed by atoms with E-state index in [2.05, 4.69) is 4.99 Å². The lowest BCUT2D eigenvalue weighted by molar-refractivity contribution is -0.129. The quantitative estimate of drug-likeness (QED) is 0.597. The average Bonchev–Trinajstić information content (AvgIpc) is 2.97. The van der Waals surface area contributed by atoms with Gasteiger partial charge in [0.25, 0.3) is 0 Å². The maximum absolute atomic E-state index is 12.1. The Morgan fingerprint density at radius 3 is 2.60 bits per heavy atom. The predicted octanol–water partition coefficient (Wildman–Crippen LogP) is 4.09. The number of nitrogens with zero attached hydrogens (tertiary/aromatic N) is 1. The Bertz CT molecular complexity index is 856. The Hall–Kier alpha value is -2.79. The van der Waals surface area contributed by atoms with Gasteiger partial charge in [0.15, 0.2) is 17.2 Å². The van der Waals surface area contributed by atoms with Crippen molar-refractivity contribution < 1.29 is 19.0 Å². The van der Waals surface area contributed by atoms with Crippen molar-refractivity contribution in [1.82, 2.24) is 0 Å². The monoisotopic (exact) mass is 357 g/mol. The van der Waals surface area contributed by atoms with E-state index in [0.29, 0.717) is 28.7 Å². The number of aliphatic imine (C=N–C) groups is 1. The molecule has 5 nitrogen and oxygen atoms in total. The van der Waals surface area contributed by atoms with Crippen LogP contribution in [-0.2, 0) is 9.53 Å². The van der Waals surface area contributed by atoms with Crippen LogP contribution in [-0.4, -0.2) is 25.6 Å². The molecule has 2 aromatic rings. The van der Waals surface area contributed by atoms with Crippen LogP contribution in [0.5, 0.6) is 11.5 Å². The Balaban J connectivity index is 1.90. The summed E-state index contributed by atoms with van der Waals surface area (Å²) in [5.41, 5.74) is 1.66. The number of rotatable bonds is 5. The Kier molecular flexibility index (Phi) is 5.05. The van der Waals surface area contributed by atoms with E-state index in [1.165, 1.54) is 0 Å². The lowest BCUT2D eigenvalue weighted by Gasteiger charge is -2.09. The minimum atomic E-state index is -0.502. The number of ether oxygens (including phenoxy) is 3. The molecule has 0 aliphatic carbocycles. The second-order valence-electron chi connectivity index (χ2n) is 5.19. The van der Waals surface area contributed by atoms with Gasteiger partial charge in [-0.3, -0.25) is 0 Å². The first-order valence-corrected chi connectivity index (χ1v) is 8.08. The smallest absolute Gasteiger partial charge is 0.363 e. The maximum Gasteiger partial charge on any atom is 0.363 e. The van der Waals surface area contributed by atoms with Crippen LogP contribution in [0.4, 0.5) is 0 Å². The molecule has 1 aliphatic rings. The summed E-state index contributed by atoms with van der Waals surface area (Å²) in [4.78, 5) is 16.3. The van der Waals surface area contributed by atoms with Gasteiger partial charge in [0.1, 0.15) is 0 Å². The molecule has 0 saturated heterocycles. The van der Waals surface area contributed by atoms with Gasteiger partial charge < -0.3 is 14.2 Å². The highest BCUT2D eigenvalue weighted by atomic mass is 35.5. The zero-order valence-corrected chi connectivity index (χ0v) is 14.5. The molecule has 0 amide bonds. The molecule has 0 radical (unpaired) electrons. The molecule has 0 atom stereocenters. The number of cyclic esters (lactones) is 1. The van der Waals surface area contributed by atoms with Crippen molar-refractivity contribution in [3.05, 3.63) is 64.3 Å². The summed E-state index contributed by atoms with van der Waals surface area (Å²) in [6.45, 7) is 2.44. The third-order valence-electron chi connectivity index (χ3n) is 3.50. The van der Waals surface area contributed by atoms with Gasteiger partial charge >= 0.3 is 5.97 Å². The molecule has 0 aromatic heterocycles. The molecule has 0 saturated carbocycles. The van der Waals surface area contributed by atoms with E-state index >= 15 is 0 Å². The Morgan fingerprint density at radius 2 is 1.92 bits per heavy atom. The highest BCUT2D eigenvalue weighted by Gasteiger charge is 2.24. The summed E-state index contributed by atoms with van der Waals surface area (Å²) < 4.78 is 16.0. The van der Waals surface area contributed by atoms with E-state index in [-0.39, 0.29) is 11.6 Å². The van der Waals surface area contributed by atoms with E-state index in [4.69, 9.17) is 25.8 Å². The van der Waals surface area contributed by atoms with Gasteiger partial charge in [-0.2, -0.15) is 0 Å². The first-order chi connectivity index (χ1) is 12.1. The fourth-order valence-electron chi connectivity index (χ4n) is 2.33. The van der Waals surface area contributed by atoms with Crippen molar-refractivity contribution in [2.24, 2.45) is 4.99 Å². The summed E-state index contributed by atoms with van der Waals surface area (Å²) >= 11 is 5.87. The molecule has 128 valence electrons. The molecule has 0 N–H and O–H groups in total. The summed E-state index contributed by atoms with van der Waals surface area (Å²) in [5.74, 6) is 0.986. The van der Waals surface area contributed by atoms with Crippen molar-refractivity contribution in [2.75, 3.05) is 13.7 Å². The molecule has 1 heterocycles. The zero-order valence-electron chi connectivity index (χ0n) is 13.8. The summed E-state index contributed by atoms with van der Waals surface area (Å²) in [7, 11) is 1.56. The number of methoxy groups -OCH3 is 1. The third-order valence-corrected chi connectivity index (χ3v) is 3.75. The standard InChI is InChI=1S/C19H16ClNO4/c1-3-24-16-9-4-12(11-17(16)23-2)10-15-19(22)25-18(21-15)13-5-7-14(20)8-6-13/h4-11H,3H2,1-2H3/b15-10-. The first kappa shape index (κ1) is 17.0. The molecule has 0 spiro atoms. The van der Waals surface area contributed by atoms with Gasteiger partial charge in [0.2, 0.25) is 5.90 Å². The van der Waals surface area contributed by atoms with Crippen molar-refractivity contribution in [3.8, 4) is 11.5 Å². The van der Waals surface area contributed by atoms with Crippen LogP contribution in [0.25, 0.3) is 6.08 Å². The number of carbonyl (C=O) groups is 1. The molecular formula is C19H16ClNO4. The second kappa shape index (κ2) is 7.40. The fourth-order valence-corrected chi connectivity index (χ4v) is 2.46. The van der Waals surface area contributed by atoms with Gasteiger partial charge in [-0.1, -0.05) is 17.7 Å². The molecule has 2 aromatic carbocycles. The van der Waals surface area contributed by atoms with Gasteiger partial charge in [-0.15, -0.1) is 0 Å². The molecule has 0 unspecified atom stereocenters. The summed E-state index contributed by atoms with van der Waals surface area (Å²) in [6.07, 6.45) is 1.64. The van der Waals surface area contributed by atoms with Crippen LogP contribution in [0, 0.1) is 0 Å². The van der Waals surface area contributed by atoms with E-state index < -0.39 is 5.97 Å². The highest BCUT2D eigenvalue weighted by molar-refractivity contribution is 6.30. The van der Waals surface area contributed by atoms with Gasteiger partial charge in [0, 0.05) is 10.6 Å². The minimum Gasteiger partial charge on any atom is -0.493 e. The molecule has 3 rings (SSSR count). The van der Waals surface area contributed by atoms with E-state index in [1.54, 1.807) is 49.6 Å². The molecule has 0 fully saturated rings. The van der Waals surface area contributed by atoms with Crippen LogP contribution in [0.15, 0.2) is 53.2 Å². The highest BCUT2D eigenvalue weighted by Crippen LogP contribution is 2.29. The van der Waals surface area contributed by atoms with Gasteiger partial charge in [0.05, 0.1) is 13.7 Å². The van der Waals surface area contributed by atoms with E-state index in [1.807, 2.05) is 13.0 Å². The van der Waals surface area contributed by atoms with E-state index in [0.717, 1.165) is 5.56 Å². The topological polar surface area (TPSA) is 57.1 Å². The number of hydrogen-bond acceptors (Lipinski definition) is 5. The van der Waals surface area contributed by atoms with Crippen molar-refractivity contribution in [1.29, 1.82) is 0 Å². The third kappa shape index (κ3) is 3.83. The minimum absolute atomic E-state index is 0.219. The number of esters is 1. The molecule has 0 bridgehead atoms. The van der Waals surface area contributed by atoms with Crippen molar-refractivity contribution >= 4 is 29.5 Å². The molecule has 6 heteroatoms. The first-order valence-electron chi connectivity index (χ1n) is 7.70. The van der Waals surface area contributed by atoms with Crippen LogP contribution in [0.3, 0.4) is 0 Å². The van der Waals surface area contributed by atoms with Crippen LogP contribution in [0.1, 0.15) is 18.1 Å². The van der Waals surface area contributed by atoms with Crippen LogP contribution >= 0.6 is 11.6 Å². The predicted molar refractivity (Wildman–Crippen MR) is 96.2 cm³/mol. The van der Waals surface area contributed by atoms with Gasteiger partial charge in [-0.25, -0.2) is 9.79 Å². The average molecular weight is 358 g/mol. The van der Waals surface area contributed by atoms with Crippen molar-refractivity contribution in [3.63, 3.8) is 0 Å². The fraction of sp³-hybridized carbons (Fsp3) is 0.158. The maximum atomic E-state index is 12.1. The lowest BCUT2D eigenvalue weighted by atomic mass is 10.1.